The number of nitrogens with two attached hydrogens (primary N) is 1. The fourth-order valence-corrected chi connectivity index (χ4v) is 6.73. The minimum atomic E-state index is -4.49. The number of nitrogens with zero attached hydrogens (tertiary/aromatic N) is 3. The summed E-state index contributed by atoms with van der Waals surface area (Å²) in [4.78, 5) is 32.6. The van der Waals surface area contributed by atoms with E-state index in [1.54, 1.807) is 34.9 Å². The van der Waals surface area contributed by atoms with Crippen LogP contribution in [0, 0.1) is 0 Å². The summed E-state index contributed by atoms with van der Waals surface area (Å²) in [5.41, 5.74) is 6.99. The average molecular weight is 554 g/mol. The van der Waals surface area contributed by atoms with Crippen LogP contribution in [0.3, 0.4) is 0 Å². The summed E-state index contributed by atoms with van der Waals surface area (Å²) in [6.07, 6.45) is 9.64. The molecule has 3 aromatic rings. The first kappa shape index (κ1) is 27.3. The molecule has 1 aliphatic carbocycles. The maximum absolute atomic E-state index is 14.0. The molecule has 0 radical (unpaired) electrons. The first-order valence-electron chi connectivity index (χ1n) is 12.1. The lowest BCUT2D eigenvalue weighted by molar-refractivity contribution is 0.111. The van der Waals surface area contributed by atoms with E-state index in [1.807, 2.05) is 48.1 Å². The first-order valence-corrected chi connectivity index (χ1v) is 14.0. The largest absolute Gasteiger partial charge is 0.351 e. The Balaban J connectivity index is 1.95. The molecule has 1 aromatic carbocycles. The van der Waals surface area contributed by atoms with Gasteiger partial charge in [-0.05, 0) is 35.8 Å². The Bertz CT molecular complexity index is 1490. The van der Waals surface area contributed by atoms with Crippen LogP contribution in [-0.4, -0.2) is 35.3 Å². The van der Waals surface area contributed by atoms with Gasteiger partial charge in [-0.3, -0.25) is 9.78 Å². The predicted octanol–water partition coefficient (Wildman–Crippen LogP) is 4.26. The lowest BCUT2D eigenvalue weighted by atomic mass is 9.78. The zero-order valence-electron chi connectivity index (χ0n) is 20.7. The molecule has 0 saturated carbocycles. The minimum absolute atomic E-state index is 0.0904. The van der Waals surface area contributed by atoms with E-state index < -0.39 is 26.7 Å². The number of carbonyl (C=O) groups excluding carboxylic acids is 2. The van der Waals surface area contributed by atoms with Crippen molar-refractivity contribution in [1.29, 1.82) is 0 Å². The quantitative estimate of drug-likeness (QED) is 0.360. The van der Waals surface area contributed by atoms with E-state index in [-0.39, 0.29) is 23.1 Å². The molecule has 0 saturated heterocycles. The van der Waals surface area contributed by atoms with E-state index in [0.717, 1.165) is 12.8 Å². The molecule has 2 atom stereocenters. The Morgan fingerprint density at radius 2 is 1.95 bits per heavy atom. The van der Waals surface area contributed by atoms with Crippen molar-refractivity contribution in [2.75, 3.05) is 0 Å². The van der Waals surface area contributed by atoms with Gasteiger partial charge >= 0.3 is 6.03 Å². The average Bonchev–Trinajstić information content (AvgIpc) is 3.20. The van der Waals surface area contributed by atoms with Gasteiger partial charge in [-0.1, -0.05) is 73.5 Å². The van der Waals surface area contributed by atoms with Crippen LogP contribution in [0.1, 0.15) is 53.3 Å². The van der Waals surface area contributed by atoms with Crippen LogP contribution in [0.4, 0.5) is 4.79 Å². The third-order valence-electron chi connectivity index (χ3n) is 6.52. The zero-order valence-corrected chi connectivity index (χ0v) is 22.3. The normalized spacial score (nSPS) is 19.1. The number of aromatic nitrogens is 3. The number of imidazole rings is 1. The molecular formula is C27H28ClN5O4S. The number of amides is 2. The molecule has 4 rings (SSSR count). The second-order valence-corrected chi connectivity index (χ2v) is 11.2. The molecule has 2 amide bonds. The molecule has 0 spiro atoms. The number of allylic oxidation sites excluding steroid dienone is 3. The smallest absolute Gasteiger partial charge is 0.325 e. The van der Waals surface area contributed by atoms with Crippen molar-refractivity contribution in [3.05, 3.63) is 106 Å². The number of unbranched alkanes of at least 4 members (excludes halogenated alkanes) is 1. The number of hydrogen-bond donors (Lipinski definition) is 2. The van der Waals surface area contributed by atoms with Crippen LogP contribution in [0.25, 0.3) is 0 Å². The first-order chi connectivity index (χ1) is 18.2. The fraction of sp³-hybridized carbons (Fsp3) is 0.259. The number of aldehydes is 1. The van der Waals surface area contributed by atoms with Gasteiger partial charge in [-0.25, -0.2) is 22.9 Å². The number of aryl methyl sites for hydroxylation is 1. The van der Waals surface area contributed by atoms with E-state index in [0.29, 0.717) is 29.7 Å². The highest BCUT2D eigenvalue weighted by molar-refractivity contribution is 7.91. The third-order valence-corrected chi connectivity index (χ3v) is 8.73. The Kier molecular flexibility index (Phi) is 8.13. The topological polar surface area (TPSA) is 137 Å². The van der Waals surface area contributed by atoms with E-state index in [9.17, 15) is 18.0 Å². The molecule has 2 aromatic heterocycles. The maximum Gasteiger partial charge on any atom is 0.325 e. The molecule has 2 unspecified atom stereocenters. The number of primary amides is 1. The number of carbonyl (C=O) groups is 2. The Morgan fingerprint density at radius 3 is 2.58 bits per heavy atom. The van der Waals surface area contributed by atoms with Gasteiger partial charge in [-0.15, -0.1) is 0 Å². The van der Waals surface area contributed by atoms with Crippen LogP contribution >= 0.6 is 11.6 Å². The van der Waals surface area contributed by atoms with Crippen LogP contribution < -0.4 is 10.5 Å². The van der Waals surface area contributed by atoms with Crippen molar-refractivity contribution in [1.82, 2.24) is 19.3 Å². The van der Waals surface area contributed by atoms with E-state index in [4.69, 9.17) is 17.3 Å². The van der Waals surface area contributed by atoms with Gasteiger partial charge in [-0.2, -0.15) is 0 Å². The van der Waals surface area contributed by atoms with Crippen molar-refractivity contribution in [3.8, 4) is 0 Å². The van der Waals surface area contributed by atoms with Gasteiger partial charge in [0.2, 0.25) is 0 Å². The van der Waals surface area contributed by atoms with Crippen molar-refractivity contribution in [3.63, 3.8) is 0 Å². The van der Waals surface area contributed by atoms with Crippen molar-refractivity contribution in [2.24, 2.45) is 5.73 Å². The monoisotopic (exact) mass is 553 g/mol. The Labute approximate surface area is 226 Å². The molecule has 198 valence electrons. The highest BCUT2D eigenvalue weighted by Crippen LogP contribution is 2.48. The maximum atomic E-state index is 14.0. The predicted molar refractivity (Wildman–Crippen MR) is 145 cm³/mol. The molecule has 38 heavy (non-hydrogen) atoms. The van der Waals surface area contributed by atoms with Gasteiger partial charge in [0.15, 0.2) is 16.2 Å². The minimum Gasteiger partial charge on any atom is -0.351 e. The molecular weight excluding hydrogens is 526 g/mol. The van der Waals surface area contributed by atoms with E-state index in [1.165, 1.54) is 6.20 Å². The molecule has 2 heterocycles. The van der Waals surface area contributed by atoms with Gasteiger partial charge in [0.05, 0.1) is 5.69 Å². The van der Waals surface area contributed by atoms with Crippen LogP contribution in [-0.2, 0) is 27.7 Å². The van der Waals surface area contributed by atoms with Gasteiger partial charge in [0.1, 0.15) is 11.5 Å². The van der Waals surface area contributed by atoms with Crippen LogP contribution in [0.5, 0.6) is 0 Å². The van der Waals surface area contributed by atoms with Gasteiger partial charge < -0.3 is 10.3 Å². The summed E-state index contributed by atoms with van der Waals surface area (Å²) in [6, 6.07) is 12.8. The molecule has 3 N–H and O–H groups in total. The number of pyridine rings is 1. The van der Waals surface area contributed by atoms with E-state index in [2.05, 4.69) is 9.97 Å². The number of nitrogens with one attached hydrogen (secondary N) is 1. The summed E-state index contributed by atoms with van der Waals surface area (Å²) in [6.45, 7) is 2.18. The fourth-order valence-electron chi connectivity index (χ4n) is 4.80. The number of urea groups is 1. The van der Waals surface area contributed by atoms with E-state index >= 15 is 0 Å². The van der Waals surface area contributed by atoms with Crippen LogP contribution in [0.15, 0.2) is 78.5 Å². The highest BCUT2D eigenvalue weighted by atomic mass is 35.5. The number of rotatable bonds is 10. The van der Waals surface area contributed by atoms with Gasteiger partial charge in [0, 0.05) is 25.1 Å². The summed E-state index contributed by atoms with van der Waals surface area (Å²) in [7, 11) is -4.49. The van der Waals surface area contributed by atoms with Crippen LogP contribution in [0.2, 0.25) is 5.15 Å². The van der Waals surface area contributed by atoms with Crippen molar-refractivity contribution in [2.45, 2.75) is 43.4 Å². The second-order valence-electron chi connectivity index (χ2n) is 8.96. The summed E-state index contributed by atoms with van der Waals surface area (Å²) >= 11 is 6.26. The highest BCUT2D eigenvalue weighted by Gasteiger charge is 2.53. The molecule has 0 fully saturated rings. The zero-order chi connectivity index (χ0) is 27.3. The molecule has 1 aliphatic rings. The van der Waals surface area contributed by atoms with Crippen molar-refractivity contribution < 1.29 is 18.0 Å². The Hall–Kier alpha value is -3.76. The molecule has 9 nitrogen and oxygen atoms in total. The van der Waals surface area contributed by atoms with Gasteiger partial charge in [0.25, 0.3) is 10.0 Å². The number of hydrogen-bond acceptors (Lipinski definition) is 6. The summed E-state index contributed by atoms with van der Waals surface area (Å²) < 4.78 is 29.8. The summed E-state index contributed by atoms with van der Waals surface area (Å²) in [5, 5.41) is 0.0904. The molecule has 0 aliphatic heterocycles. The SMILES string of the molecule is CCCCc1nc(Cl)c(C=O)n1CC1=CC(c2ccccn2)(S(=O)(=O)NC(N)=O)C(c2ccccc2)C=C1. The second kappa shape index (κ2) is 11.3. The molecule has 11 heteroatoms. The lowest BCUT2D eigenvalue weighted by Crippen LogP contribution is -2.51. The molecule has 0 bridgehead atoms. The number of halogens is 1. The lowest BCUT2D eigenvalue weighted by Gasteiger charge is -2.38. The number of sulfonamides is 1. The number of benzene rings is 1. The van der Waals surface area contributed by atoms with Crippen molar-refractivity contribution >= 4 is 33.9 Å². The Morgan fingerprint density at radius 1 is 1.21 bits per heavy atom. The summed E-state index contributed by atoms with van der Waals surface area (Å²) in [5.74, 6) is -0.129. The third kappa shape index (κ3) is 5.14. The standard InChI is InChI=1S/C27H28ClN5O4S/c1-2-3-12-24-31-25(28)22(18-34)33(24)17-19-13-14-21(20-9-5-4-6-10-20)27(16-19,23-11-7-8-15-30-23)38(36,37)32-26(29)35/h4-11,13-16,18,21H,2-3,12,17H2,1H3,(H3,29,32,35).